The Bertz CT molecular complexity index is 1220. The maximum absolute atomic E-state index is 12.9. The summed E-state index contributed by atoms with van der Waals surface area (Å²) in [5.74, 6) is 0.484. The molecule has 0 atom stereocenters. The van der Waals surface area contributed by atoms with Gasteiger partial charge in [-0.25, -0.2) is 8.42 Å². The summed E-state index contributed by atoms with van der Waals surface area (Å²) >= 11 is 12.6. The molecule has 1 N–H and O–H groups in total. The molecule has 0 amide bonds. The normalized spacial score (nSPS) is 15.4. The van der Waals surface area contributed by atoms with E-state index in [0.717, 1.165) is 12.1 Å². The number of rotatable bonds is 3. The van der Waals surface area contributed by atoms with Crippen molar-refractivity contribution < 1.29 is 26.3 Å². The van der Waals surface area contributed by atoms with Crippen LogP contribution in [0.5, 0.6) is 11.5 Å². The van der Waals surface area contributed by atoms with Crippen LogP contribution in [0, 0.1) is 0 Å². The number of nitrogens with zero attached hydrogens (tertiary/aromatic N) is 1. The Hall–Kier alpha value is -2.36. The molecule has 0 fully saturated rings. The summed E-state index contributed by atoms with van der Waals surface area (Å²) in [5.41, 5.74) is 0.165. The zero-order chi connectivity index (χ0) is 21.7. The molecule has 0 aliphatic carbocycles. The molecule has 158 valence electrons. The van der Waals surface area contributed by atoms with E-state index in [9.17, 15) is 21.6 Å². The fourth-order valence-corrected chi connectivity index (χ4v) is 4.71. The maximum Gasteiger partial charge on any atom is 0.416 e. The molecule has 1 aliphatic rings. The summed E-state index contributed by atoms with van der Waals surface area (Å²) in [4.78, 5) is 0. The third-order valence-electron chi connectivity index (χ3n) is 4.52. The highest BCUT2D eigenvalue weighted by atomic mass is 35.5. The molecule has 11 heteroatoms. The number of benzene rings is 2. The van der Waals surface area contributed by atoms with Gasteiger partial charge in [-0.2, -0.15) is 13.2 Å². The number of ether oxygens (including phenoxy) is 1. The van der Waals surface area contributed by atoms with Crippen LogP contribution in [0.4, 0.5) is 19.0 Å². The van der Waals surface area contributed by atoms with E-state index in [1.54, 1.807) is 28.8 Å². The molecule has 0 saturated carbocycles. The van der Waals surface area contributed by atoms with Gasteiger partial charge in [-0.05, 0) is 35.9 Å². The van der Waals surface area contributed by atoms with Gasteiger partial charge in [-0.15, -0.1) is 0 Å². The molecule has 0 radical (unpaired) electrons. The van der Waals surface area contributed by atoms with Gasteiger partial charge in [-0.1, -0.05) is 41.4 Å². The number of aromatic nitrogens is 1. The van der Waals surface area contributed by atoms with Crippen molar-refractivity contribution in [1.29, 1.82) is 0 Å². The van der Waals surface area contributed by atoms with Crippen LogP contribution in [0.2, 0.25) is 10.2 Å². The second kappa shape index (κ2) is 7.40. The van der Waals surface area contributed by atoms with Crippen LogP contribution < -0.4 is 9.46 Å². The van der Waals surface area contributed by atoms with Crippen molar-refractivity contribution in [2.75, 3.05) is 10.5 Å². The quantitative estimate of drug-likeness (QED) is 0.502. The minimum absolute atomic E-state index is 0.0349. The van der Waals surface area contributed by atoms with E-state index in [1.807, 2.05) is 0 Å². The van der Waals surface area contributed by atoms with Crippen molar-refractivity contribution in [1.82, 2.24) is 4.57 Å². The second-order valence-electron chi connectivity index (χ2n) is 6.55. The molecule has 3 aromatic rings. The first kappa shape index (κ1) is 20.9. The van der Waals surface area contributed by atoms with Gasteiger partial charge in [-0.3, -0.25) is 4.72 Å². The molecular weight excluding hydrogens is 464 g/mol. The van der Waals surface area contributed by atoms with E-state index >= 15 is 0 Å². The lowest BCUT2D eigenvalue weighted by Gasteiger charge is -2.19. The fourth-order valence-electron chi connectivity index (χ4n) is 3.11. The Labute approximate surface area is 180 Å². The number of sulfonamides is 1. The minimum atomic E-state index is -4.47. The van der Waals surface area contributed by atoms with Gasteiger partial charge in [0.15, 0.2) is 0 Å². The highest BCUT2D eigenvalue weighted by molar-refractivity contribution is 7.92. The molecule has 2 aromatic carbocycles. The third kappa shape index (κ3) is 3.97. The van der Waals surface area contributed by atoms with Crippen molar-refractivity contribution in [2.24, 2.45) is 0 Å². The van der Waals surface area contributed by atoms with Gasteiger partial charge in [0.05, 0.1) is 16.3 Å². The summed E-state index contributed by atoms with van der Waals surface area (Å²) in [6, 6.07) is 10.9. The average molecular weight is 477 g/mol. The van der Waals surface area contributed by atoms with Gasteiger partial charge >= 0.3 is 6.18 Å². The van der Waals surface area contributed by atoms with Crippen LogP contribution in [0.15, 0.2) is 48.5 Å². The van der Waals surface area contributed by atoms with Crippen LogP contribution >= 0.6 is 23.2 Å². The van der Waals surface area contributed by atoms with Crippen LogP contribution in [0.25, 0.3) is 11.1 Å². The lowest BCUT2D eigenvalue weighted by atomic mass is 10.1. The van der Waals surface area contributed by atoms with Gasteiger partial charge in [0.25, 0.3) is 0 Å². The van der Waals surface area contributed by atoms with Gasteiger partial charge in [0, 0.05) is 12.1 Å². The number of halogens is 5. The molecule has 30 heavy (non-hydrogen) atoms. The van der Waals surface area contributed by atoms with Gasteiger partial charge < -0.3 is 9.30 Å². The molecule has 2 heterocycles. The lowest BCUT2D eigenvalue weighted by molar-refractivity contribution is -0.137. The molecule has 1 aliphatic heterocycles. The first-order valence-corrected chi connectivity index (χ1v) is 11.0. The Kier molecular flexibility index (Phi) is 5.16. The summed E-state index contributed by atoms with van der Waals surface area (Å²) in [6.07, 6.45) is -4.47. The summed E-state index contributed by atoms with van der Waals surface area (Å²) in [5, 5.41) is 0.413. The first-order chi connectivity index (χ1) is 14.0. The minimum Gasteiger partial charge on any atom is -0.457 e. The lowest BCUT2D eigenvalue weighted by Crippen LogP contribution is -2.27. The first-order valence-electron chi connectivity index (χ1n) is 8.59. The molecule has 0 spiro atoms. The number of hydrogen-bond acceptors (Lipinski definition) is 3. The van der Waals surface area contributed by atoms with Crippen molar-refractivity contribution in [2.45, 2.75) is 12.7 Å². The van der Waals surface area contributed by atoms with E-state index in [1.165, 1.54) is 12.1 Å². The predicted octanol–water partition coefficient (Wildman–Crippen LogP) is 6.03. The Morgan fingerprint density at radius 3 is 2.40 bits per heavy atom. The van der Waals surface area contributed by atoms with Crippen LogP contribution in [0.1, 0.15) is 5.56 Å². The van der Waals surface area contributed by atoms with E-state index in [4.69, 9.17) is 27.9 Å². The summed E-state index contributed by atoms with van der Waals surface area (Å²) in [7, 11) is -3.50. The highest BCUT2D eigenvalue weighted by Crippen LogP contribution is 2.44. The molecule has 0 unspecified atom stereocenters. The van der Waals surface area contributed by atoms with Crippen molar-refractivity contribution in [3.05, 3.63) is 64.3 Å². The molecule has 5 nitrogen and oxygen atoms in total. The molecular formula is C19H13Cl2F3N2O3S. The predicted molar refractivity (Wildman–Crippen MR) is 109 cm³/mol. The Balaban J connectivity index is 1.64. The van der Waals surface area contributed by atoms with Crippen molar-refractivity contribution >= 4 is 39.0 Å². The Morgan fingerprint density at radius 1 is 1.03 bits per heavy atom. The van der Waals surface area contributed by atoms with Crippen molar-refractivity contribution in [3.63, 3.8) is 0 Å². The third-order valence-corrected chi connectivity index (χ3v) is 6.60. The largest absolute Gasteiger partial charge is 0.457 e. The highest BCUT2D eigenvalue weighted by Gasteiger charge is 2.31. The van der Waals surface area contributed by atoms with Gasteiger partial charge in [0.2, 0.25) is 10.0 Å². The standard InChI is InChI=1S/C19H13Cl2F3N2O3S/c20-16-15(18-25-30(27,28)9-8-26(18)17(16)21)11-4-6-13(7-5-11)29-14-3-1-2-12(10-14)19(22,23)24/h1-7,10,25H,8-9H2. The Morgan fingerprint density at radius 2 is 1.73 bits per heavy atom. The second-order valence-corrected chi connectivity index (χ2v) is 9.13. The van der Waals surface area contributed by atoms with E-state index in [2.05, 4.69) is 4.72 Å². The van der Waals surface area contributed by atoms with Crippen molar-refractivity contribution in [3.8, 4) is 22.6 Å². The zero-order valence-electron chi connectivity index (χ0n) is 15.0. The van der Waals surface area contributed by atoms with E-state index in [-0.39, 0.29) is 34.0 Å². The number of hydrogen-bond donors (Lipinski definition) is 1. The summed E-state index contributed by atoms with van der Waals surface area (Å²) < 4.78 is 72.0. The molecule has 4 rings (SSSR count). The van der Waals surface area contributed by atoms with Crippen LogP contribution in [-0.4, -0.2) is 18.7 Å². The monoisotopic (exact) mass is 476 g/mol. The van der Waals surface area contributed by atoms with E-state index in [0.29, 0.717) is 16.9 Å². The molecule has 0 saturated heterocycles. The van der Waals surface area contributed by atoms with Crippen LogP contribution in [-0.2, 0) is 22.7 Å². The zero-order valence-corrected chi connectivity index (χ0v) is 17.3. The number of anilines is 1. The SMILES string of the molecule is O=S1(=O)CCn2c(Cl)c(Cl)c(-c3ccc(Oc4cccc(C(F)(F)F)c4)cc3)c2N1. The maximum atomic E-state index is 12.9. The van der Waals surface area contributed by atoms with E-state index < -0.39 is 21.8 Å². The fraction of sp³-hybridized carbons (Fsp3) is 0.158. The number of fused-ring (bicyclic) bond motifs is 1. The number of alkyl halides is 3. The average Bonchev–Trinajstić information content (AvgIpc) is 2.91. The summed E-state index contributed by atoms with van der Waals surface area (Å²) in [6.45, 7) is 0.167. The topological polar surface area (TPSA) is 60.3 Å². The number of nitrogens with one attached hydrogen (secondary N) is 1. The smallest absolute Gasteiger partial charge is 0.416 e. The van der Waals surface area contributed by atoms with Crippen LogP contribution in [0.3, 0.4) is 0 Å². The van der Waals surface area contributed by atoms with Gasteiger partial charge in [0.1, 0.15) is 22.5 Å². The molecule has 0 bridgehead atoms. The molecule has 1 aromatic heterocycles.